The van der Waals surface area contributed by atoms with Gasteiger partial charge in [0.15, 0.2) is 0 Å². The molecule has 10 rings (SSSR count). The smallest absolute Gasteiger partial charge is 0.119 e. The Morgan fingerprint density at radius 1 is 0.605 bits per heavy atom. The first kappa shape index (κ1) is 51.5. The van der Waals surface area contributed by atoms with Crippen molar-refractivity contribution in [2.45, 2.75) is 48.1 Å². The highest BCUT2D eigenvalue weighted by Crippen LogP contribution is 2.48. The summed E-state index contributed by atoms with van der Waals surface area (Å²) in [6.07, 6.45) is 52.7. The average molecular weight is 1100 g/mol. The van der Waals surface area contributed by atoms with E-state index in [-0.39, 0.29) is 6.04 Å². The Morgan fingerprint density at radius 3 is 1.97 bits per heavy atom. The van der Waals surface area contributed by atoms with Crippen LogP contribution in [0.3, 0.4) is 0 Å². The molecule has 0 radical (unpaired) electrons. The first-order valence-electron chi connectivity index (χ1n) is 26.7. The molecular weight excluding hydrogens is 1030 g/mol. The van der Waals surface area contributed by atoms with E-state index >= 15 is 0 Å². The van der Waals surface area contributed by atoms with Crippen molar-refractivity contribution in [3.63, 3.8) is 0 Å². The van der Waals surface area contributed by atoms with Crippen LogP contribution in [0.4, 0.5) is 11.4 Å². The summed E-state index contributed by atoms with van der Waals surface area (Å²) in [7, 11) is 0. The van der Waals surface area contributed by atoms with Crippen molar-refractivity contribution in [2.75, 3.05) is 9.80 Å². The maximum Gasteiger partial charge on any atom is 0.119 e. The Kier molecular flexibility index (Phi) is 17.0. The van der Waals surface area contributed by atoms with Crippen molar-refractivity contribution in [3.05, 3.63) is 332 Å². The molecule has 3 heteroatoms. The summed E-state index contributed by atoms with van der Waals surface area (Å²) < 4.78 is -0.408. The molecular formula is C73H65IN2. The molecule has 0 saturated heterocycles. The minimum Gasteiger partial charge on any atom is -0.334 e. The normalized spacial score (nSPS) is 19.4. The average Bonchev–Trinajstić information content (AvgIpc) is 3.51. The zero-order valence-corrected chi connectivity index (χ0v) is 45.4. The van der Waals surface area contributed by atoms with E-state index in [0.29, 0.717) is 5.92 Å². The summed E-state index contributed by atoms with van der Waals surface area (Å²) in [6, 6.07) is 57.3. The molecule has 0 spiro atoms. The zero-order chi connectivity index (χ0) is 51.9. The number of anilines is 2. The van der Waals surface area contributed by atoms with Gasteiger partial charge >= 0.3 is 0 Å². The molecule has 0 N–H and O–H groups in total. The molecule has 374 valence electrons. The van der Waals surface area contributed by atoms with Gasteiger partial charge in [-0.25, -0.2) is 0 Å². The van der Waals surface area contributed by atoms with Crippen molar-refractivity contribution in [2.24, 2.45) is 5.92 Å². The number of hydrogen-bond donors (Lipinski definition) is 0. The van der Waals surface area contributed by atoms with Crippen LogP contribution in [-0.2, 0) is 6.42 Å². The highest BCUT2D eigenvalue weighted by atomic mass is 127. The molecule has 76 heavy (non-hydrogen) atoms. The fraction of sp³-hybridized carbons (Fsp3) is 0.123. The lowest BCUT2D eigenvalue weighted by Crippen LogP contribution is -2.44. The van der Waals surface area contributed by atoms with Crippen molar-refractivity contribution in [3.8, 4) is 33.4 Å². The molecule has 0 heterocycles. The number of rotatable bonds is 18. The summed E-state index contributed by atoms with van der Waals surface area (Å²) in [5.41, 5.74) is 18.2. The van der Waals surface area contributed by atoms with E-state index in [9.17, 15) is 0 Å². The molecule has 2 nitrogen and oxygen atoms in total. The van der Waals surface area contributed by atoms with E-state index in [1.807, 2.05) is 18.2 Å². The van der Waals surface area contributed by atoms with Gasteiger partial charge in [-0.2, -0.15) is 0 Å². The van der Waals surface area contributed by atoms with Gasteiger partial charge in [0.1, 0.15) is 3.55 Å². The monoisotopic (exact) mass is 1100 g/mol. The first-order chi connectivity index (χ1) is 37.4. The summed E-state index contributed by atoms with van der Waals surface area (Å²) >= 11 is 2.79. The lowest BCUT2D eigenvalue weighted by molar-refractivity contribution is 0.630. The Bertz CT molecular complexity index is 3400. The van der Waals surface area contributed by atoms with Gasteiger partial charge in [-0.1, -0.05) is 249 Å². The van der Waals surface area contributed by atoms with E-state index in [2.05, 4.69) is 307 Å². The SMILES string of the molecule is C=C/C=C\C=C\c1cccc(C/C=C\C(=C/C=C)N(c2ccc(-c3cccc(-c4ccccc4)c3)cc2)C2C=CC(N(c3ccc(-c4ccccc4)cc3)C3(I)C=C(C4=CCCC=C4)C=C(C4C=CC=CC4)C3)=CC2)c1. The lowest BCUT2D eigenvalue weighted by atomic mass is 9.81. The first-order valence-corrected chi connectivity index (χ1v) is 27.8. The molecule has 4 aliphatic carbocycles. The predicted molar refractivity (Wildman–Crippen MR) is 336 cm³/mol. The van der Waals surface area contributed by atoms with Gasteiger partial charge in [-0.05, 0) is 165 Å². The number of alkyl halides is 1. The standard InChI is InChI=1S/C73H65IN2/c1-3-5-6-11-24-56-25-20-26-57(51-56)27-21-38-68(23-4-2)75(69-43-39-63(40-44-69)65-37-22-36-64(52-65)59-30-14-8-15-31-59)70-47-49-72(50-48-70)76(71-45-41-62(42-46-71)58-28-12-7-13-29-58)73(74)54-66(60-32-16-9-17-33-60)53-67(55-73)61-34-18-10-19-35-61/h3-9,11-18,20-26,28-32,34-47,49-53,55,60,70H,1-2,10,19,27,33,48,54H2/b6-5-,24-11+,38-21-,68-23+. The number of hydrogen-bond acceptors (Lipinski definition) is 2. The topological polar surface area (TPSA) is 6.48 Å². The zero-order valence-electron chi connectivity index (χ0n) is 43.2. The van der Waals surface area contributed by atoms with Crippen LogP contribution < -0.4 is 9.80 Å². The third-order valence-electron chi connectivity index (χ3n) is 14.5. The van der Waals surface area contributed by atoms with Crippen LogP contribution in [0.5, 0.6) is 0 Å². The van der Waals surface area contributed by atoms with Crippen LogP contribution in [0.1, 0.15) is 43.2 Å². The number of halogens is 1. The van der Waals surface area contributed by atoms with Crippen molar-refractivity contribution in [1.82, 2.24) is 0 Å². The maximum atomic E-state index is 4.24. The molecule has 3 atom stereocenters. The Balaban J connectivity index is 1.02. The maximum absolute atomic E-state index is 4.24. The quantitative estimate of drug-likeness (QED) is 0.0366. The largest absolute Gasteiger partial charge is 0.334 e. The van der Waals surface area contributed by atoms with Gasteiger partial charge in [-0.15, -0.1) is 0 Å². The van der Waals surface area contributed by atoms with Crippen LogP contribution in [0.2, 0.25) is 0 Å². The second-order valence-corrected chi connectivity index (χ2v) is 21.5. The molecule has 0 aromatic heterocycles. The Hall–Kier alpha value is -7.99. The van der Waals surface area contributed by atoms with E-state index in [4.69, 9.17) is 0 Å². The second-order valence-electron chi connectivity index (χ2n) is 19.7. The fourth-order valence-corrected chi connectivity index (χ4v) is 12.0. The third kappa shape index (κ3) is 12.6. The Morgan fingerprint density at radius 2 is 1.30 bits per heavy atom. The van der Waals surface area contributed by atoms with Crippen LogP contribution in [0.25, 0.3) is 39.5 Å². The molecule has 0 bridgehead atoms. The summed E-state index contributed by atoms with van der Waals surface area (Å²) in [5.74, 6) is 0.347. The van der Waals surface area contributed by atoms with Crippen molar-refractivity contribution in [1.29, 1.82) is 0 Å². The van der Waals surface area contributed by atoms with Gasteiger partial charge in [0.2, 0.25) is 0 Å². The highest BCUT2D eigenvalue weighted by molar-refractivity contribution is 14.1. The predicted octanol–water partition coefficient (Wildman–Crippen LogP) is 19.6. The molecule has 0 fully saturated rings. The van der Waals surface area contributed by atoms with Crippen LogP contribution in [0.15, 0.2) is 321 Å². The molecule has 6 aromatic rings. The molecule has 6 aromatic carbocycles. The number of allylic oxidation sites excluding steroid dienone is 19. The van der Waals surface area contributed by atoms with E-state index in [0.717, 1.165) is 49.9 Å². The molecule has 0 saturated carbocycles. The summed E-state index contributed by atoms with van der Waals surface area (Å²) in [6.45, 7) is 8.03. The van der Waals surface area contributed by atoms with E-state index < -0.39 is 3.55 Å². The number of nitrogens with zero attached hydrogens (tertiary/aromatic N) is 2. The Labute approximate surface area is 465 Å². The molecule has 3 unspecified atom stereocenters. The minimum absolute atomic E-state index is 0.0148. The summed E-state index contributed by atoms with van der Waals surface area (Å²) in [4.78, 5) is 5.10. The van der Waals surface area contributed by atoms with E-state index in [1.165, 1.54) is 72.6 Å². The van der Waals surface area contributed by atoms with Gasteiger partial charge in [0.25, 0.3) is 0 Å². The van der Waals surface area contributed by atoms with Crippen LogP contribution in [0, 0.1) is 5.92 Å². The fourth-order valence-electron chi connectivity index (χ4n) is 10.7. The van der Waals surface area contributed by atoms with Gasteiger partial charge in [-0.3, -0.25) is 0 Å². The molecule has 0 amide bonds. The molecule has 4 aliphatic rings. The van der Waals surface area contributed by atoms with Gasteiger partial charge in [0.05, 0.1) is 6.04 Å². The third-order valence-corrected chi connectivity index (χ3v) is 15.6. The number of benzene rings is 6. The van der Waals surface area contributed by atoms with Crippen molar-refractivity contribution >= 4 is 40.0 Å². The molecule has 0 aliphatic heterocycles. The van der Waals surface area contributed by atoms with Gasteiger partial charge in [0, 0.05) is 35.1 Å². The highest BCUT2D eigenvalue weighted by Gasteiger charge is 2.40. The lowest BCUT2D eigenvalue weighted by Gasteiger charge is -2.45. The van der Waals surface area contributed by atoms with Crippen LogP contribution >= 0.6 is 22.6 Å². The minimum atomic E-state index is -0.408. The van der Waals surface area contributed by atoms with Gasteiger partial charge < -0.3 is 9.80 Å². The summed E-state index contributed by atoms with van der Waals surface area (Å²) in [5, 5.41) is 0. The van der Waals surface area contributed by atoms with Crippen LogP contribution in [-0.4, -0.2) is 9.59 Å². The second kappa shape index (κ2) is 25.0. The van der Waals surface area contributed by atoms with Crippen molar-refractivity contribution < 1.29 is 0 Å². The van der Waals surface area contributed by atoms with E-state index in [1.54, 1.807) is 6.08 Å².